The number of hydrogen-bond donors (Lipinski definition) is 2. The molecule has 2 aliphatic heterocycles. The standard InChI is InChI=1S/C22H38N6O.HI/c1-3-25-12-14-26(15-13-25)11-7-6-10-24-22(23-2)28-18-16-27(17-19-28)20-8-4-5-9-21(20)29;/h4-5,8-9,29H,3,6-7,10-19H2,1-2H3,(H,23,24);1H. The Morgan fingerprint density at radius 3 is 2.27 bits per heavy atom. The molecule has 8 heteroatoms. The minimum Gasteiger partial charge on any atom is -0.506 e. The highest BCUT2D eigenvalue weighted by molar-refractivity contribution is 14.0. The number of piperazine rings is 2. The van der Waals surface area contributed by atoms with E-state index >= 15 is 0 Å². The van der Waals surface area contributed by atoms with Gasteiger partial charge in [0.25, 0.3) is 0 Å². The first-order valence-electron chi connectivity index (χ1n) is 11.1. The second-order valence-corrected chi connectivity index (χ2v) is 7.92. The Hall–Kier alpha value is -1.26. The molecule has 0 bridgehead atoms. The second kappa shape index (κ2) is 13.2. The highest BCUT2D eigenvalue weighted by Gasteiger charge is 2.21. The summed E-state index contributed by atoms with van der Waals surface area (Å²) >= 11 is 0. The average Bonchev–Trinajstić information content (AvgIpc) is 2.77. The van der Waals surface area contributed by atoms with Gasteiger partial charge in [-0.15, -0.1) is 24.0 Å². The summed E-state index contributed by atoms with van der Waals surface area (Å²) in [5, 5.41) is 13.6. The minimum atomic E-state index is 0. The number of nitrogens with one attached hydrogen (secondary N) is 1. The maximum absolute atomic E-state index is 10.1. The molecule has 2 aliphatic rings. The highest BCUT2D eigenvalue weighted by atomic mass is 127. The van der Waals surface area contributed by atoms with Crippen LogP contribution in [0.3, 0.4) is 0 Å². The number of aliphatic imine (C=N–C) groups is 1. The summed E-state index contributed by atoms with van der Waals surface area (Å²) in [6.45, 7) is 14.1. The van der Waals surface area contributed by atoms with E-state index in [-0.39, 0.29) is 24.0 Å². The van der Waals surface area contributed by atoms with Crippen LogP contribution >= 0.6 is 24.0 Å². The number of benzene rings is 1. The number of hydrogen-bond acceptors (Lipinski definition) is 5. The number of anilines is 1. The van der Waals surface area contributed by atoms with E-state index in [1.807, 2.05) is 25.2 Å². The maximum atomic E-state index is 10.1. The first-order valence-corrected chi connectivity index (χ1v) is 11.1. The quantitative estimate of drug-likeness (QED) is 0.244. The molecule has 0 aromatic heterocycles. The van der Waals surface area contributed by atoms with Gasteiger partial charge in [0.15, 0.2) is 5.96 Å². The van der Waals surface area contributed by atoms with Crippen LogP contribution in [0.5, 0.6) is 5.75 Å². The van der Waals surface area contributed by atoms with Gasteiger partial charge in [0, 0.05) is 66.0 Å². The molecule has 0 saturated carbocycles. The van der Waals surface area contributed by atoms with Gasteiger partial charge in [-0.05, 0) is 38.1 Å². The number of halogens is 1. The number of guanidine groups is 1. The van der Waals surface area contributed by atoms with Gasteiger partial charge in [-0.25, -0.2) is 0 Å². The number of nitrogens with zero attached hydrogens (tertiary/aromatic N) is 5. The van der Waals surface area contributed by atoms with Crippen LogP contribution in [0.25, 0.3) is 0 Å². The van der Waals surface area contributed by atoms with E-state index in [1.54, 1.807) is 6.07 Å². The second-order valence-electron chi connectivity index (χ2n) is 7.92. The lowest BCUT2D eigenvalue weighted by atomic mass is 10.2. The van der Waals surface area contributed by atoms with E-state index in [9.17, 15) is 5.11 Å². The Balaban J connectivity index is 0.00000320. The van der Waals surface area contributed by atoms with Gasteiger partial charge in [-0.3, -0.25) is 4.99 Å². The molecule has 2 fully saturated rings. The lowest BCUT2D eigenvalue weighted by Crippen LogP contribution is -2.52. The fraction of sp³-hybridized carbons (Fsp3) is 0.682. The molecule has 0 unspecified atom stereocenters. The topological polar surface area (TPSA) is 57.6 Å². The smallest absolute Gasteiger partial charge is 0.193 e. The van der Waals surface area contributed by atoms with Gasteiger partial charge in [-0.1, -0.05) is 19.1 Å². The van der Waals surface area contributed by atoms with Crippen LogP contribution in [-0.2, 0) is 0 Å². The zero-order chi connectivity index (χ0) is 20.5. The van der Waals surface area contributed by atoms with E-state index in [2.05, 4.69) is 36.8 Å². The summed E-state index contributed by atoms with van der Waals surface area (Å²) in [4.78, 5) is 14.2. The van der Waals surface area contributed by atoms with Crippen LogP contribution in [0, 0.1) is 0 Å². The molecule has 0 amide bonds. The number of aromatic hydroxyl groups is 1. The van der Waals surface area contributed by atoms with E-state index in [4.69, 9.17) is 0 Å². The number of phenolic OH excluding ortho intramolecular Hbond substituents is 1. The summed E-state index contributed by atoms with van der Waals surface area (Å²) in [6.07, 6.45) is 2.40. The molecule has 30 heavy (non-hydrogen) atoms. The van der Waals surface area contributed by atoms with Gasteiger partial charge < -0.3 is 30.0 Å². The van der Waals surface area contributed by atoms with Gasteiger partial charge >= 0.3 is 0 Å². The lowest BCUT2D eigenvalue weighted by Gasteiger charge is -2.37. The summed E-state index contributed by atoms with van der Waals surface area (Å²) in [5.41, 5.74) is 0.926. The fourth-order valence-electron chi connectivity index (χ4n) is 4.21. The molecule has 7 nitrogen and oxygen atoms in total. The normalized spacial score (nSPS) is 18.9. The largest absolute Gasteiger partial charge is 0.506 e. The van der Waals surface area contributed by atoms with Crippen molar-refractivity contribution in [2.45, 2.75) is 19.8 Å². The molecule has 170 valence electrons. The molecular formula is C22H39IN6O. The summed E-state index contributed by atoms with van der Waals surface area (Å²) in [6, 6.07) is 7.59. The van der Waals surface area contributed by atoms with E-state index in [0.717, 1.165) is 44.4 Å². The Bertz CT molecular complexity index is 642. The Kier molecular flexibility index (Phi) is 11.0. The molecule has 0 spiro atoms. The summed E-state index contributed by atoms with van der Waals surface area (Å²) in [5.74, 6) is 1.36. The molecule has 2 saturated heterocycles. The predicted octanol–water partition coefficient (Wildman–Crippen LogP) is 2.13. The Morgan fingerprint density at radius 1 is 0.967 bits per heavy atom. The van der Waals surface area contributed by atoms with Crippen LogP contribution in [0.15, 0.2) is 29.3 Å². The van der Waals surface area contributed by atoms with Crippen molar-refractivity contribution in [3.05, 3.63) is 24.3 Å². The van der Waals surface area contributed by atoms with Crippen molar-refractivity contribution in [2.24, 2.45) is 4.99 Å². The average molecular weight is 530 g/mol. The molecule has 0 radical (unpaired) electrons. The van der Waals surface area contributed by atoms with E-state index in [0.29, 0.717) is 5.75 Å². The van der Waals surface area contributed by atoms with Crippen molar-refractivity contribution < 1.29 is 5.11 Å². The highest BCUT2D eigenvalue weighted by Crippen LogP contribution is 2.27. The molecule has 3 rings (SSSR count). The minimum absolute atomic E-state index is 0. The lowest BCUT2D eigenvalue weighted by molar-refractivity contribution is 0.136. The molecule has 2 heterocycles. The van der Waals surface area contributed by atoms with Gasteiger partial charge in [-0.2, -0.15) is 0 Å². The molecule has 1 aromatic rings. The van der Waals surface area contributed by atoms with E-state index in [1.165, 1.54) is 52.1 Å². The molecule has 2 N–H and O–H groups in total. The third-order valence-electron chi connectivity index (χ3n) is 6.11. The van der Waals surface area contributed by atoms with Crippen molar-refractivity contribution in [3.8, 4) is 5.75 Å². The van der Waals surface area contributed by atoms with Crippen LogP contribution in [-0.4, -0.2) is 105 Å². The first-order chi connectivity index (χ1) is 14.2. The van der Waals surface area contributed by atoms with Crippen LogP contribution < -0.4 is 10.2 Å². The number of phenols is 1. The number of rotatable bonds is 7. The number of para-hydroxylation sites is 2. The van der Waals surface area contributed by atoms with Crippen LogP contribution in [0.2, 0.25) is 0 Å². The number of likely N-dealkylation sites (N-methyl/N-ethyl adjacent to an activating group) is 1. The maximum Gasteiger partial charge on any atom is 0.193 e. The molecule has 0 atom stereocenters. The van der Waals surface area contributed by atoms with Crippen LogP contribution in [0.1, 0.15) is 19.8 Å². The van der Waals surface area contributed by atoms with Gasteiger partial charge in [0.05, 0.1) is 5.69 Å². The summed E-state index contributed by atoms with van der Waals surface area (Å²) < 4.78 is 0. The summed E-state index contributed by atoms with van der Waals surface area (Å²) in [7, 11) is 1.87. The van der Waals surface area contributed by atoms with Gasteiger partial charge in [0.2, 0.25) is 0 Å². The first kappa shape index (κ1) is 25.0. The zero-order valence-corrected chi connectivity index (χ0v) is 20.9. The molecular weight excluding hydrogens is 491 g/mol. The van der Waals surface area contributed by atoms with Crippen LogP contribution in [0.4, 0.5) is 5.69 Å². The SMILES string of the molecule is CCN1CCN(CCCCNC(=NC)N2CCN(c3ccccc3O)CC2)CC1.I. The molecule has 0 aliphatic carbocycles. The molecule has 1 aromatic carbocycles. The Labute approximate surface area is 199 Å². The van der Waals surface area contributed by atoms with Crippen molar-refractivity contribution >= 4 is 35.6 Å². The van der Waals surface area contributed by atoms with Crippen molar-refractivity contribution in [2.75, 3.05) is 83.9 Å². The van der Waals surface area contributed by atoms with Crippen molar-refractivity contribution in [1.29, 1.82) is 0 Å². The van der Waals surface area contributed by atoms with Gasteiger partial charge in [0.1, 0.15) is 5.75 Å². The fourth-order valence-corrected chi connectivity index (χ4v) is 4.21. The zero-order valence-electron chi connectivity index (χ0n) is 18.6. The predicted molar refractivity (Wildman–Crippen MR) is 136 cm³/mol. The third-order valence-corrected chi connectivity index (χ3v) is 6.11. The monoisotopic (exact) mass is 530 g/mol. The van der Waals surface area contributed by atoms with Crippen molar-refractivity contribution in [3.63, 3.8) is 0 Å². The Morgan fingerprint density at radius 2 is 1.63 bits per heavy atom. The van der Waals surface area contributed by atoms with Crippen molar-refractivity contribution in [1.82, 2.24) is 20.0 Å². The van der Waals surface area contributed by atoms with E-state index < -0.39 is 0 Å². The third kappa shape index (κ3) is 7.16. The number of unbranched alkanes of at least 4 members (excludes halogenated alkanes) is 1.